The molecule has 0 saturated carbocycles. The van der Waals surface area contributed by atoms with Crippen molar-refractivity contribution in [2.24, 2.45) is 0 Å². The van der Waals surface area contributed by atoms with Crippen molar-refractivity contribution in [1.29, 1.82) is 0 Å². The molecular formula is C11H9BrClFN2O. The number of rotatable bonds is 4. The first-order valence-corrected chi connectivity index (χ1v) is 6.37. The zero-order valence-corrected chi connectivity index (χ0v) is 11.1. The molecule has 2 rings (SSSR count). The summed E-state index contributed by atoms with van der Waals surface area (Å²) in [6.07, 6.45) is 1.41. The normalized spacial score (nSPS) is 10.8. The van der Waals surface area contributed by atoms with E-state index in [-0.39, 0.29) is 5.82 Å². The average molecular weight is 320 g/mol. The smallest absolute Gasteiger partial charge is 0.247 e. The third kappa shape index (κ3) is 3.04. The van der Waals surface area contributed by atoms with Gasteiger partial charge in [0.25, 0.3) is 0 Å². The number of halogens is 3. The second-order valence-corrected chi connectivity index (χ2v) is 4.65. The van der Waals surface area contributed by atoms with E-state index in [0.717, 1.165) is 6.42 Å². The highest BCUT2D eigenvalue weighted by atomic mass is 79.9. The monoisotopic (exact) mass is 318 g/mol. The van der Waals surface area contributed by atoms with Crippen molar-refractivity contribution in [2.45, 2.75) is 12.8 Å². The van der Waals surface area contributed by atoms with Crippen LogP contribution >= 0.6 is 27.5 Å². The van der Waals surface area contributed by atoms with Crippen molar-refractivity contribution in [3.63, 3.8) is 0 Å². The predicted molar refractivity (Wildman–Crippen MR) is 66.4 cm³/mol. The van der Waals surface area contributed by atoms with E-state index in [2.05, 4.69) is 26.1 Å². The first-order valence-electron chi connectivity index (χ1n) is 5.04. The van der Waals surface area contributed by atoms with Crippen LogP contribution in [-0.4, -0.2) is 16.1 Å². The SMILES string of the molecule is Fc1cc(-c2nnc(CCCCl)o2)ccc1Br. The van der Waals surface area contributed by atoms with Gasteiger partial charge in [-0.3, -0.25) is 0 Å². The van der Waals surface area contributed by atoms with Crippen molar-refractivity contribution in [2.75, 3.05) is 5.88 Å². The van der Waals surface area contributed by atoms with Crippen LogP contribution in [0.1, 0.15) is 12.3 Å². The van der Waals surface area contributed by atoms with E-state index in [1.807, 2.05) is 0 Å². The van der Waals surface area contributed by atoms with Crippen molar-refractivity contribution in [3.8, 4) is 11.5 Å². The van der Waals surface area contributed by atoms with Crippen LogP contribution in [-0.2, 0) is 6.42 Å². The standard InChI is InChI=1S/C11H9BrClFN2O/c12-8-4-3-7(6-9(8)14)11-16-15-10(17-11)2-1-5-13/h3-4,6H,1-2,5H2. The molecule has 0 fully saturated rings. The average Bonchev–Trinajstić information content (AvgIpc) is 2.79. The van der Waals surface area contributed by atoms with Gasteiger partial charge in [-0.1, -0.05) is 0 Å². The van der Waals surface area contributed by atoms with E-state index >= 15 is 0 Å². The summed E-state index contributed by atoms with van der Waals surface area (Å²) in [7, 11) is 0. The fraction of sp³-hybridized carbons (Fsp3) is 0.273. The summed E-state index contributed by atoms with van der Waals surface area (Å²) in [5.74, 6) is 1.03. The fourth-order valence-corrected chi connectivity index (χ4v) is 1.70. The van der Waals surface area contributed by atoms with E-state index in [9.17, 15) is 4.39 Å². The molecule has 0 aliphatic heterocycles. The third-order valence-corrected chi connectivity index (χ3v) is 3.07. The summed E-state index contributed by atoms with van der Waals surface area (Å²) >= 11 is 8.65. The Balaban J connectivity index is 2.21. The van der Waals surface area contributed by atoms with Gasteiger partial charge in [-0.15, -0.1) is 21.8 Å². The molecule has 0 atom stereocenters. The molecular weight excluding hydrogens is 310 g/mol. The predicted octanol–water partition coefficient (Wildman–Crippen LogP) is 3.81. The van der Waals surface area contributed by atoms with Gasteiger partial charge in [-0.25, -0.2) is 4.39 Å². The highest BCUT2D eigenvalue weighted by Gasteiger charge is 2.10. The van der Waals surface area contributed by atoms with Crippen LogP contribution in [0, 0.1) is 5.82 Å². The van der Waals surface area contributed by atoms with Crippen LogP contribution in [0.25, 0.3) is 11.5 Å². The molecule has 0 unspecified atom stereocenters. The highest BCUT2D eigenvalue weighted by Crippen LogP contribution is 2.23. The molecule has 0 amide bonds. The van der Waals surface area contributed by atoms with Crippen molar-refractivity contribution in [3.05, 3.63) is 34.4 Å². The summed E-state index contributed by atoms with van der Waals surface area (Å²) in [5.41, 5.74) is 0.565. The molecule has 0 aliphatic carbocycles. The maximum Gasteiger partial charge on any atom is 0.247 e. The largest absolute Gasteiger partial charge is 0.421 e. The van der Waals surface area contributed by atoms with Crippen LogP contribution in [0.3, 0.4) is 0 Å². The van der Waals surface area contributed by atoms with Gasteiger partial charge < -0.3 is 4.42 Å². The molecule has 2 aromatic rings. The van der Waals surface area contributed by atoms with E-state index in [0.29, 0.717) is 34.1 Å². The molecule has 3 nitrogen and oxygen atoms in total. The molecule has 0 saturated heterocycles. The van der Waals surface area contributed by atoms with Gasteiger partial charge >= 0.3 is 0 Å². The number of aryl methyl sites for hydroxylation is 1. The van der Waals surface area contributed by atoms with Gasteiger partial charge in [0.05, 0.1) is 4.47 Å². The Hall–Kier alpha value is -0.940. The minimum absolute atomic E-state index is 0.320. The first kappa shape index (κ1) is 12.5. The summed E-state index contributed by atoms with van der Waals surface area (Å²) < 4.78 is 19.1. The van der Waals surface area contributed by atoms with Crippen LogP contribution in [0.4, 0.5) is 4.39 Å². The number of nitrogens with zero attached hydrogens (tertiary/aromatic N) is 2. The summed E-state index contributed by atoms with van der Waals surface area (Å²) in [5, 5.41) is 7.74. The molecule has 0 N–H and O–H groups in total. The maximum atomic E-state index is 13.3. The number of benzene rings is 1. The van der Waals surface area contributed by atoms with Crippen molar-refractivity contribution in [1.82, 2.24) is 10.2 Å². The second-order valence-electron chi connectivity index (χ2n) is 3.42. The van der Waals surface area contributed by atoms with Crippen LogP contribution in [0.5, 0.6) is 0 Å². The molecule has 1 aromatic heterocycles. The van der Waals surface area contributed by atoms with Crippen LogP contribution < -0.4 is 0 Å². The number of hydrogen-bond acceptors (Lipinski definition) is 3. The number of hydrogen-bond donors (Lipinski definition) is 0. The van der Waals surface area contributed by atoms with Gasteiger partial charge in [-0.2, -0.15) is 0 Å². The zero-order chi connectivity index (χ0) is 12.3. The van der Waals surface area contributed by atoms with Gasteiger partial charge in [0.1, 0.15) is 5.82 Å². The Bertz CT molecular complexity index is 518. The Kier molecular flexibility index (Phi) is 4.12. The third-order valence-electron chi connectivity index (χ3n) is 2.16. The Morgan fingerprint density at radius 1 is 1.35 bits per heavy atom. The molecule has 0 aliphatic rings. The minimum atomic E-state index is -0.358. The number of aromatic nitrogens is 2. The Morgan fingerprint density at radius 3 is 2.88 bits per heavy atom. The molecule has 17 heavy (non-hydrogen) atoms. The molecule has 1 aromatic carbocycles. The van der Waals surface area contributed by atoms with Gasteiger partial charge in [0.15, 0.2) is 0 Å². The van der Waals surface area contributed by atoms with E-state index in [4.69, 9.17) is 16.0 Å². The van der Waals surface area contributed by atoms with Gasteiger partial charge in [-0.05, 0) is 40.5 Å². The molecule has 6 heteroatoms. The zero-order valence-electron chi connectivity index (χ0n) is 8.79. The quantitative estimate of drug-likeness (QED) is 0.804. The van der Waals surface area contributed by atoms with Gasteiger partial charge in [0, 0.05) is 17.9 Å². The fourth-order valence-electron chi connectivity index (χ4n) is 1.32. The lowest BCUT2D eigenvalue weighted by Gasteiger charge is -1.97. The first-order chi connectivity index (χ1) is 8.20. The van der Waals surface area contributed by atoms with Crippen molar-refractivity contribution >= 4 is 27.5 Å². The summed E-state index contributed by atoms with van der Waals surface area (Å²) in [4.78, 5) is 0. The second kappa shape index (κ2) is 5.60. The molecule has 0 radical (unpaired) electrons. The van der Waals surface area contributed by atoms with Gasteiger partial charge in [0.2, 0.25) is 11.8 Å². The van der Waals surface area contributed by atoms with E-state index in [1.165, 1.54) is 6.07 Å². The lowest BCUT2D eigenvalue weighted by Crippen LogP contribution is -1.85. The highest BCUT2D eigenvalue weighted by molar-refractivity contribution is 9.10. The van der Waals surface area contributed by atoms with Crippen molar-refractivity contribution < 1.29 is 8.81 Å². The topological polar surface area (TPSA) is 38.9 Å². The Labute approximate surface area is 111 Å². The maximum absolute atomic E-state index is 13.3. The number of alkyl halides is 1. The lowest BCUT2D eigenvalue weighted by molar-refractivity contribution is 0.502. The summed E-state index contributed by atoms with van der Waals surface area (Å²) in [6.45, 7) is 0. The van der Waals surface area contributed by atoms with E-state index in [1.54, 1.807) is 12.1 Å². The summed E-state index contributed by atoms with van der Waals surface area (Å²) in [6, 6.07) is 4.67. The lowest BCUT2D eigenvalue weighted by atomic mass is 10.2. The minimum Gasteiger partial charge on any atom is -0.421 e. The van der Waals surface area contributed by atoms with Crippen LogP contribution in [0.15, 0.2) is 27.1 Å². The Morgan fingerprint density at radius 2 is 2.18 bits per heavy atom. The van der Waals surface area contributed by atoms with E-state index < -0.39 is 0 Å². The molecule has 0 bridgehead atoms. The molecule has 1 heterocycles. The van der Waals surface area contributed by atoms with Crippen LogP contribution in [0.2, 0.25) is 0 Å². The molecule has 0 spiro atoms. The molecule has 90 valence electrons.